The fourth-order valence-electron chi connectivity index (χ4n) is 3.46. The Kier molecular flexibility index (Phi) is 4.11. The first-order valence-electron chi connectivity index (χ1n) is 8.62. The van der Waals surface area contributed by atoms with Crippen LogP contribution >= 0.6 is 11.8 Å². The van der Waals surface area contributed by atoms with Crippen molar-refractivity contribution in [2.24, 2.45) is 7.05 Å². The highest BCUT2D eigenvalue weighted by molar-refractivity contribution is 7.98. The summed E-state index contributed by atoms with van der Waals surface area (Å²) in [6.07, 6.45) is 0. The summed E-state index contributed by atoms with van der Waals surface area (Å²) in [7, 11) is 1.91. The Labute approximate surface area is 157 Å². The molecule has 1 aliphatic heterocycles. The molecule has 0 saturated carbocycles. The van der Waals surface area contributed by atoms with Crippen molar-refractivity contribution in [1.82, 2.24) is 9.78 Å². The maximum atomic E-state index is 12.9. The molecular weight excluding hydrogens is 342 g/mol. The standard InChI is InChI=1S/C21H21N3OS/c1-12-5-7-17(14(3)9-12)22-21(25)19-16-11-26-18-8-6-13(2)10-15(18)20(16)24(4)23-19/h5-10H,11H2,1-4H3,(H,22,25). The number of aromatic nitrogens is 2. The van der Waals surface area contributed by atoms with Crippen molar-refractivity contribution >= 4 is 23.4 Å². The van der Waals surface area contributed by atoms with E-state index < -0.39 is 0 Å². The summed E-state index contributed by atoms with van der Waals surface area (Å²) in [5.74, 6) is 0.611. The molecule has 0 unspecified atom stereocenters. The number of hydrogen-bond acceptors (Lipinski definition) is 3. The second kappa shape index (κ2) is 6.32. The maximum Gasteiger partial charge on any atom is 0.276 e. The van der Waals surface area contributed by atoms with Gasteiger partial charge in [-0.25, -0.2) is 0 Å². The van der Waals surface area contributed by atoms with E-state index in [1.807, 2.05) is 37.7 Å². The van der Waals surface area contributed by atoms with Crippen LogP contribution in [0.5, 0.6) is 0 Å². The molecule has 26 heavy (non-hydrogen) atoms. The van der Waals surface area contributed by atoms with E-state index in [0.29, 0.717) is 5.69 Å². The molecule has 3 aromatic rings. The molecule has 0 radical (unpaired) electrons. The van der Waals surface area contributed by atoms with E-state index in [1.54, 1.807) is 11.8 Å². The summed E-state index contributed by atoms with van der Waals surface area (Å²) in [6, 6.07) is 12.5. The molecule has 0 spiro atoms. The number of carbonyl (C=O) groups is 1. The Balaban J connectivity index is 1.73. The van der Waals surface area contributed by atoms with Crippen LogP contribution in [0.1, 0.15) is 32.7 Å². The fraction of sp³-hybridized carbons (Fsp3) is 0.238. The molecule has 0 atom stereocenters. The molecular formula is C21H21N3OS. The predicted molar refractivity (Wildman–Crippen MR) is 107 cm³/mol. The van der Waals surface area contributed by atoms with E-state index in [2.05, 4.69) is 41.6 Å². The third kappa shape index (κ3) is 2.82. The zero-order valence-corrected chi connectivity index (χ0v) is 16.2. The molecule has 2 aromatic carbocycles. The first-order valence-corrected chi connectivity index (χ1v) is 9.61. The van der Waals surface area contributed by atoms with Gasteiger partial charge in [-0.3, -0.25) is 9.48 Å². The van der Waals surface area contributed by atoms with Crippen LogP contribution in [0.25, 0.3) is 11.3 Å². The van der Waals surface area contributed by atoms with Crippen LogP contribution < -0.4 is 5.32 Å². The molecule has 1 aliphatic rings. The molecule has 132 valence electrons. The van der Waals surface area contributed by atoms with Crippen molar-refractivity contribution in [3.8, 4) is 11.3 Å². The average molecular weight is 363 g/mol. The van der Waals surface area contributed by atoms with Gasteiger partial charge in [0.15, 0.2) is 5.69 Å². The average Bonchev–Trinajstić information content (AvgIpc) is 2.94. The van der Waals surface area contributed by atoms with Crippen LogP contribution in [0.15, 0.2) is 41.3 Å². The Morgan fingerprint density at radius 1 is 1.12 bits per heavy atom. The number of carbonyl (C=O) groups excluding carboxylic acids is 1. The molecule has 0 aliphatic carbocycles. The van der Waals surface area contributed by atoms with Crippen molar-refractivity contribution in [1.29, 1.82) is 0 Å². The van der Waals surface area contributed by atoms with Gasteiger partial charge in [0.2, 0.25) is 0 Å². The normalized spacial score (nSPS) is 12.5. The third-order valence-electron chi connectivity index (χ3n) is 4.75. The Hall–Kier alpha value is -2.53. The number of benzene rings is 2. The summed E-state index contributed by atoms with van der Waals surface area (Å²) >= 11 is 1.76. The second-order valence-electron chi connectivity index (χ2n) is 6.86. The Bertz CT molecular complexity index is 1040. The van der Waals surface area contributed by atoms with Crippen molar-refractivity contribution in [2.75, 3.05) is 5.32 Å². The molecule has 1 N–H and O–H groups in total. The van der Waals surface area contributed by atoms with E-state index in [9.17, 15) is 4.79 Å². The highest BCUT2D eigenvalue weighted by Gasteiger charge is 2.28. The number of fused-ring (bicyclic) bond motifs is 3. The van der Waals surface area contributed by atoms with E-state index in [1.165, 1.54) is 16.0 Å². The lowest BCUT2D eigenvalue weighted by atomic mass is 10.0. The van der Waals surface area contributed by atoms with Gasteiger partial charge in [0.05, 0.1) is 5.69 Å². The number of hydrogen-bond donors (Lipinski definition) is 1. The van der Waals surface area contributed by atoms with Crippen LogP contribution in [0, 0.1) is 20.8 Å². The summed E-state index contributed by atoms with van der Waals surface area (Å²) in [5, 5.41) is 7.58. The fourth-order valence-corrected chi connectivity index (χ4v) is 4.51. The lowest BCUT2D eigenvalue weighted by Gasteiger charge is -2.18. The minimum Gasteiger partial charge on any atom is -0.320 e. The van der Waals surface area contributed by atoms with Gasteiger partial charge in [-0.15, -0.1) is 11.8 Å². The minimum absolute atomic E-state index is 0.148. The number of anilines is 1. The molecule has 4 nitrogen and oxygen atoms in total. The van der Waals surface area contributed by atoms with E-state index in [-0.39, 0.29) is 5.91 Å². The molecule has 0 bridgehead atoms. The lowest BCUT2D eigenvalue weighted by molar-refractivity contribution is 0.102. The lowest BCUT2D eigenvalue weighted by Crippen LogP contribution is -2.15. The zero-order chi connectivity index (χ0) is 18.4. The van der Waals surface area contributed by atoms with Gasteiger partial charge in [-0.1, -0.05) is 29.3 Å². The number of nitrogens with zero attached hydrogens (tertiary/aromatic N) is 2. The van der Waals surface area contributed by atoms with Crippen LogP contribution in [0.4, 0.5) is 5.69 Å². The highest BCUT2D eigenvalue weighted by Crippen LogP contribution is 2.43. The molecule has 2 heterocycles. The first kappa shape index (κ1) is 16.9. The second-order valence-corrected chi connectivity index (χ2v) is 7.88. The minimum atomic E-state index is -0.148. The number of rotatable bonds is 2. The SMILES string of the molecule is Cc1ccc(NC(=O)c2nn(C)c3c2CSc2ccc(C)cc2-3)c(C)c1. The van der Waals surface area contributed by atoms with Gasteiger partial charge < -0.3 is 5.32 Å². The molecule has 1 amide bonds. The highest BCUT2D eigenvalue weighted by atomic mass is 32.2. The Morgan fingerprint density at radius 3 is 2.62 bits per heavy atom. The third-order valence-corrected chi connectivity index (χ3v) is 5.85. The number of nitrogens with one attached hydrogen (secondary N) is 1. The Morgan fingerprint density at radius 2 is 1.85 bits per heavy atom. The van der Waals surface area contributed by atoms with Crippen LogP contribution in [-0.4, -0.2) is 15.7 Å². The van der Waals surface area contributed by atoms with Crippen LogP contribution in [-0.2, 0) is 12.8 Å². The van der Waals surface area contributed by atoms with E-state index in [4.69, 9.17) is 0 Å². The van der Waals surface area contributed by atoms with Gasteiger partial charge in [0.1, 0.15) is 0 Å². The quantitative estimate of drug-likeness (QED) is 0.706. The maximum absolute atomic E-state index is 12.9. The predicted octanol–water partition coefficient (Wildman–Crippen LogP) is 4.87. The van der Waals surface area contributed by atoms with Crippen molar-refractivity contribution in [2.45, 2.75) is 31.4 Å². The van der Waals surface area contributed by atoms with Crippen LogP contribution in [0.2, 0.25) is 0 Å². The summed E-state index contributed by atoms with van der Waals surface area (Å²) in [4.78, 5) is 14.2. The van der Waals surface area contributed by atoms with Gasteiger partial charge in [-0.2, -0.15) is 5.10 Å². The smallest absolute Gasteiger partial charge is 0.276 e. The molecule has 0 saturated heterocycles. The van der Waals surface area contributed by atoms with Gasteiger partial charge in [0.25, 0.3) is 5.91 Å². The number of amides is 1. The van der Waals surface area contributed by atoms with Gasteiger partial charge in [-0.05, 0) is 44.5 Å². The van der Waals surface area contributed by atoms with E-state index >= 15 is 0 Å². The van der Waals surface area contributed by atoms with Gasteiger partial charge >= 0.3 is 0 Å². The van der Waals surface area contributed by atoms with Crippen LogP contribution in [0.3, 0.4) is 0 Å². The van der Waals surface area contributed by atoms with E-state index in [0.717, 1.165) is 33.8 Å². The summed E-state index contributed by atoms with van der Waals surface area (Å²) in [6.45, 7) is 6.14. The topological polar surface area (TPSA) is 46.9 Å². The first-order chi connectivity index (χ1) is 12.4. The molecule has 1 aromatic heterocycles. The van der Waals surface area contributed by atoms with Gasteiger partial charge in [0, 0.05) is 34.5 Å². The largest absolute Gasteiger partial charge is 0.320 e. The summed E-state index contributed by atoms with van der Waals surface area (Å²) in [5.41, 5.74) is 8.02. The molecule has 4 rings (SSSR count). The van der Waals surface area contributed by atoms with Crippen molar-refractivity contribution < 1.29 is 4.79 Å². The monoisotopic (exact) mass is 363 g/mol. The number of aryl methyl sites for hydroxylation is 4. The summed E-state index contributed by atoms with van der Waals surface area (Å²) < 4.78 is 1.84. The number of thioether (sulfide) groups is 1. The van der Waals surface area contributed by atoms with Crippen molar-refractivity contribution in [3.63, 3.8) is 0 Å². The zero-order valence-electron chi connectivity index (χ0n) is 15.4. The molecule has 0 fully saturated rings. The van der Waals surface area contributed by atoms with Crippen molar-refractivity contribution in [3.05, 3.63) is 64.3 Å². The molecule has 5 heteroatoms.